The van der Waals surface area contributed by atoms with Gasteiger partial charge in [0.25, 0.3) is 0 Å². The molecule has 4 heteroatoms. The highest BCUT2D eigenvalue weighted by atomic mass is 28.3. The van der Waals surface area contributed by atoms with Crippen molar-refractivity contribution in [2.45, 2.75) is 39.3 Å². The maximum Gasteiger partial charge on any atom is 0.0775 e. The molecule has 0 aliphatic rings. The first-order chi connectivity index (χ1) is 35.9. The first-order valence-electron chi connectivity index (χ1n) is 26.1. The maximum absolute atomic E-state index is 2.41. The molecule has 0 unspecified atom stereocenters. The van der Waals surface area contributed by atoms with Gasteiger partial charge in [-0.2, -0.15) is 0 Å². The second-order valence-corrected chi connectivity index (χ2v) is 32.4. The highest BCUT2D eigenvalue weighted by Gasteiger charge is 2.22. The molecule has 13 rings (SSSR count). The Morgan fingerprint density at radius 1 is 0.243 bits per heavy atom. The van der Waals surface area contributed by atoms with Gasteiger partial charge in [0.15, 0.2) is 0 Å². The minimum absolute atomic E-state index is 1.13. The second-order valence-electron chi connectivity index (χ2n) is 22.2. The summed E-state index contributed by atoms with van der Waals surface area (Å²) in [6.07, 6.45) is 0. The van der Waals surface area contributed by atoms with E-state index in [9.17, 15) is 0 Å². The van der Waals surface area contributed by atoms with Crippen LogP contribution in [0.15, 0.2) is 243 Å². The van der Waals surface area contributed by atoms with E-state index in [0.717, 1.165) is 34.1 Å². The van der Waals surface area contributed by atoms with Gasteiger partial charge in [0.05, 0.1) is 16.1 Å². The summed E-state index contributed by atoms with van der Waals surface area (Å²) in [6.45, 7) is 14.5. The van der Waals surface area contributed by atoms with Crippen LogP contribution in [-0.4, -0.2) is 16.1 Å². The lowest BCUT2D eigenvalue weighted by Crippen LogP contribution is -2.37. The Kier molecular flexibility index (Phi) is 10.9. The molecule has 2 nitrogen and oxygen atoms in total. The Balaban J connectivity index is 0.876. The molecule has 0 N–H and O–H groups in total. The Morgan fingerprint density at radius 3 is 0.919 bits per heavy atom. The van der Waals surface area contributed by atoms with Crippen LogP contribution in [0.25, 0.3) is 86.9 Å². The summed E-state index contributed by atoms with van der Waals surface area (Å²) >= 11 is 0. The monoisotopic (exact) mass is 982 g/mol. The third kappa shape index (κ3) is 7.93. The zero-order valence-corrected chi connectivity index (χ0v) is 45.0. The number of hydrogen-bond acceptors (Lipinski definition) is 2. The normalized spacial score (nSPS) is 12.2. The van der Waals surface area contributed by atoms with Gasteiger partial charge in [0, 0.05) is 34.1 Å². The summed E-state index contributed by atoms with van der Waals surface area (Å²) < 4.78 is 0. The van der Waals surface area contributed by atoms with Crippen LogP contribution in [0.5, 0.6) is 0 Å². The molecule has 0 heterocycles. The zero-order chi connectivity index (χ0) is 50.3. The molecule has 0 fully saturated rings. The van der Waals surface area contributed by atoms with E-state index in [4.69, 9.17) is 0 Å². The second kappa shape index (κ2) is 17.7. The molecular weight excluding hydrogens is 925 g/mol. The summed E-state index contributed by atoms with van der Waals surface area (Å²) in [5.74, 6) is 0. The van der Waals surface area contributed by atoms with E-state index in [0.29, 0.717) is 0 Å². The third-order valence-electron chi connectivity index (χ3n) is 15.5. The van der Waals surface area contributed by atoms with Crippen molar-refractivity contribution in [3.63, 3.8) is 0 Å². The lowest BCUT2D eigenvalue weighted by atomic mass is 9.85. The summed E-state index contributed by atoms with van der Waals surface area (Å²) in [7, 11) is -2.93. The van der Waals surface area contributed by atoms with Crippen molar-refractivity contribution in [1.29, 1.82) is 0 Å². The van der Waals surface area contributed by atoms with Gasteiger partial charge in [0.1, 0.15) is 0 Å². The SMILES string of the molecule is C[Si](C)(C)c1ccc(N(c2ccc(-c3ccc4c5cccc6c(-c7ccc(N(c8ccc([Si](C)(C)C)cc8)c8ccc9ccccc9c8)cc7)ccc(c7cccc3c74)c65)cc2)c2ccc3ccccc3c2)cc1. The molecule has 0 amide bonds. The topological polar surface area (TPSA) is 6.48 Å². The van der Waals surface area contributed by atoms with Crippen LogP contribution in [0, 0.1) is 0 Å². The smallest absolute Gasteiger partial charge is 0.0775 e. The van der Waals surface area contributed by atoms with Crippen LogP contribution in [-0.2, 0) is 0 Å². The van der Waals surface area contributed by atoms with Crippen LogP contribution in [0.2, 0.25) is 39.3 Å². The van der Waals surface area contributed by atoms with Gasteiger partial charge >= 0.3 is 0 Å². The number of rotatable bonds is 10. The maximum atomic E-state index is 2.41. The van der Waals surface area contributed by atoms with Crippen molar-refractivity contribution in [2.24, 2.45) is 0 Å². The minimum atomic E-state index is -1.46. The first kappa shape index (κ1) is 45.6. The van der Waals surface area contributed by atoms with E-state index >= 15 is 0 Å². The van der Waals surface area contributed by atoms with Crippen molar-refractivity contribution in [3.05, 3.63) is 243 Å². The summed E-state index contributed by atoms with van der Waals surface area (Å²) in [4.78, 5) is 4.80. The van der Waals surface area contributed by atoms with Crippen molar-refractivity contribution in [1.82, 2.24) is 0 Å². The lowest BCUT2D eigenvalue weighted by molar-refractivity contribution is 1.29. The van der Waals surface area contributed by atoms with Gasteiger partial charge in [-0.25, -0.2) is 0 Å². The molecule has 74 heavy (non-hydrogen) atoms. The molecule has 0 bridgehead atoms. The third-order valence-corrected chi connectivity index (χ3v) is 19.6. The van der Waals surface area contributed by atoms with Gasteiger partial charge in [-0.05, 0) is 160 Å². The van der Waals surface area contributed by atoms with E-state index in [1.807, 2.05) is 0 Å². The fourth-order valence-electron chi connectivity index (χ4n) is 11.5. The fourth-order valence-corrected chi connectivity index (χ4v) is 13.9. The summed E-state index contributed by atoms with van der Waals surface area (Å²) in [5.41, 5.74) is 11.8. The Bertz CT molecular complexity index is 3940. The van der Waals surface area contributed by atoms with Crippen molar-refractivity contribution in [2.75, 3.05) is 9.80 Å². The summed E-state index contributed by atoms with van der Waals surface area (Å²) in [6, 6.07) is 91.1. The zero-order valence-electron chi connectivity index (χ0n) is 43.0. The van der Waals surface area contributed by atoms with Crippen LogP contribution >= 0.6 is 0 Å². The molecule has 0 aliphatic carbocycles. The average Bonchev–Trinajstić information content (AvgIpc) is 3.42. The number of hydrogen-bond donors (Lipinski definition) is 0. The van der Waals surface area contributed by atoms with Gasteiger partial charge in [0.2, 0.25) is 0 Å². The highest BCUT2D eigenvalue weighted by molar-refractivity contribution is 6.89. The molecule has 356 valence electrons. The van der Waals surface area contributed by atoms with Gasteiger partial charge < -0.3 is 9.80 Å². The Morgan fingerprint density at radius 2 is 0.554 bits per heavy atom. The average molecular weight is 983 g/mol. The van der Waals surface area contributed by atoms with E-state index in [1.165, 1.54) is 97.3 Å². The van der Waals surface area contributed by atoms with Gasteiger partial charge in [-0.15, -0.1) is 0 Å². The highest BCUT2D eigenvalue weighted by Crippen LogP contribution is 2.46. The van der Waals surface area contributed by atoms with E-state index in [1.54, 1.807) is 0 Å². The Labute approximate surface area is 436 Å². The van der Waals surface area contributed by atoms with Crippen LogP contribution < -0.4 is 20.2 Å². The predicted octanol–water partition coefficient (Wildman–Crippen LogP) is 19.4. The number of anilines is 6. The largest absolute Gasteiger partial charge is 0.310 e. The molecule has 0 aliphatic heterocycles. The molecule has 0 spiro atoms. The quantitative estimate of drug-likeness (QED) is 0.0765. The standard InChI is InChI=1S/C70H58N2Si2/c1-73(2,3)59-37-33-55(34-38-59)71(57-31-21-47-13-7-9-15-51(47)45-57)53-27-23-49(24-28-53)61-41-43-67-66-20-12-18-64-62(42-44-68(70(64)66)65-19-11-17-63(61)69(65)67)50-25-29-54(30-26-50)72(56-35-39-60(40-36-56)74(4,5)6)58-32-22-48-14-8-10-16-52(48)46-58/h7-46H,1-6H3. The molecule has 13 aromatic carbocycles. The molecule has 0 saturated heterocycles. The van der Waals surface area contributed by atoms with Crippen LogP contribution in [0.4, 0.5) is 34.1 Å². The van der Waals surface area contributed by atoms with E-state index in [-0.39, 0.29) is 0 Å². The molecular formula is C70H58N2Si2. The van der Waals surface area contributed by atoms with Gasteiger partial charge in [-0.1, -0.05) is 220 Å². The van der Waals surface area contributed by atoms with Gasteiger partial charge in [-0.3, -0.25) is 0 Å². The lowest BCUT2D eigenvalue weighted by Gasteiger charge is -2.27. The molecule has 13 aromatic rings. The van der Waals surface area contributed by atoms with E-state index < -0.39 is 16.1 Å². The molecule has 0 saturated carbocycles. The predicted molar refractivity (Wildman–Crippen MR) is 329 cm³/mol. The fraction of sp³-hybridized carbons (Fsp3) is 0.0857. The van der Waals surface area contributed by atoms with Crippen molar-refractivity contribution < 1.29 is 0 Å². The minimum Gasteiger partial charge on any atom is -0.310 e. The number of nitrogens with zero attached hydrogens (tertiary/aromatic N) is 2. The number of fused-ring (bicyclic) bond motifs is 4. The molecule has 0 atom stereocenters. The molecule has 0 aromatic heterocycles. The van der Waals surface area contributed by atoms with E-state index in [2.05, 4.69) is 292 Å². The summed E-state index contributed by atoms with van der Waals surface area (Å²) in [5, 5.41) is 18.2. The Hall–Kier alpha value is -8.29. The van der Waals surface area contributed by atoms with Crippen LogP contribution in [0.3, 0.4) is 0 Å². The van der Waals surface area contributed by atoms with Crippen molar-refractivity contribution >= 4 is 125 Å². The first-order valence-corrected chi connectivity index (χ1v) is 33.1. The van der Waals surface area contributed by atoms with Crippen LogP contribution in [0.1, 0.15) is 0 Å². The van der Waals surface area contributed by atoms with Crippen molar-refractivity contribution in [3.8, 4) is 22.3 Å². The molecule has 0 radical (unpaired) electrons. The number of benzene rings is 13.